The van der Waals surface area contributed by atoms with Gasteiger partial charge in [-0.25, -0.2) is 4.68 Å². The summed E-state index contributed by atoms with van der Waals surface area (Å²) >= 11 is 0. The Morgan fingerprint density at radius 2 is 1.73 bits per heavy atom. The predicted octanol–water partition coefficient (Wildman–Crippen LogP) is 5.87. The van der Waals surface area contributed by atoms with Crippen LogP contribution in [-0.2, 0) is 11.3 Å². The van der Waals surface area contributed by atoms with E-state index in [1.807, 2.05) is 39.9 Å². The lowest BCUT2D eigenvalue weighted by molar-refractivity contribution is -0.127. The van der Waals surface area contributed by atoms with Crippen molar-refractivity contribution < 1.29 is 4.79 Å². The van der Waals surface area contributed by atoms with Crippen LogP contribution in [0.1, 0.15) is 59.1 Å². The summed E-state index contributed by atoms with van der Waals surface area (Å²) in [4.78, 5) is 15.8. The average Bonchev–Trinajstić information content (AvgIpc) is 3.15. The molecular weight excluding hydrogens is 372 g/mol. The Morgan fingerprint density at radius 1 is 1.07 bits per heavy atom. The fourth-order valence-corrected chi connectivity index (χ4v) is 4.42. The molecule has 156 valence electrons. The number of anilines is 1. The number of aromatic nitrogens is 3. The molecule has 3 aromatic rings. The van der Waals surface area contributed by atoms with Gasteiger partial charge >= 0.3 is 0 Å². The molecule has 30 heavy (non-hydrogen) atoms. The van der Waals surface area contributed by atoms with E-state index < -0.39 is 5.41 Å². The zero-order chi connectivity index (χ0) is 21.5. The zero-order valence-corrected chi connectivity index (χ0v) is 18.5. The molecule has 0 spiro atoms. The van der Waals surface area contributed by atoms with Gasteiger partial charge in [-0.3, -0.25) is 4.79 Å². The first-order valence-electron chi connectivity index (χ1n) is 10.8. The number of hydrogen-bond donors (Lipinski definition) is 0. The van der Waals surface area contributed by atoms with Crippen molar-refractivity contribution in [2.24, 2.45) is 5.41 Å². The molecule has 1 aliphatic heterocycles. The quantitative estimate of drug-likeness (QED) is 0.549. The largest absolute Gasteiger partial charge is 0.307 e. The van der Waals surface area contributed by atoms with E-state index in [1.165, 1.54) is 0 Å². The maximum absolute atomic E-state index is 13.8. The molecule has 0 radical (unpaired) electrons. The Morgan fingerprint density at radius 3 is 2.43 bits per heavy atom. The van der Waals surface area contributed by atoms with Crippen molar-refractivity contribution in [3.05, 3.63) is 54.1 Å². The molecule has 0 bridgehead atoms. The Labute approximate surface area is 178 Å². The third-order valence-corrected chi connectivity index (χ3v) is 5.93. The van der Waals surface area contributed by atoms with Crippen molar-refractivity contribution in [1.82, 2.24) is 15.0 Å². The molecule has 5 heteroatoms. The maximum atomic E-state index is 13.8. The van der Waals surface area contributed by atoms with Crippen LogP contribution in [0, 0.1) is 5.41 Å². The van der Waals surface area contributed by atoms with E-state index in [4.69, 9.17) is 0 Å². The summed E-state index contributed by atoms with van der Waals surface area (Å²) in [7, 11) is 0. The first-order valence-corrected chi connectivity index (χ1v) is 10.8. The van der Waals surface area contributed by atoms with Crippen LogP contribution in [0.3, 0.4) is 0 Å². The number of rotatable bonds is 4. The smallest absolute Gasteiger partial charge is 0.232 e. The summed E-state index contributed by atoms with van der Waals surface area (Å²) in [5.74, 6) is 0.152. The minimum absolute atomic E-state index is 0.152. The standard InChI is InChI=1S/C25H30N4O/c1-6-15-25(4,5)24(30)28-16-18-11-7-8-12-19(18)22-23(29(17(2)3)27-26-22)20-13-9-10-14-21(20)28/h7-14,17H,6,15-16H2,1-5H3. The summed E-state index contributed by atoms with van der Waals surface area (Å²) in [6.07, 6.45) is 1.82. The molecule has 0 unspecified atom stereocenters. The maximum Gasteiger partial charge on any atom is 0.232 e. The fraction of sp³-hybridized carbons (Fsp3) is 0.400. The number of nitrogens with zero attached hydrogens (tertiary/aromatic N) is 4. The van der Waals surface area contributed by atoms with Gasteiger partial charge in [0.05, 0.1) is 17.9 Å². The SMILES string of the molecule is CCCC(C)(C)C(=O)N1Cc2ccccc2-c2nnn(C(C)C)c2-c2ccccc21. The second kappa shape index (κ2) is 7.71. The minimum Gasteiger partial charge on any atom is -0.307 e. The number of fused-ring (bicyclic) bond motifs is 5. The van der Waals surface area contributed by atoms with Crippen LogP contribution in [0.4, 0.5) is 5.69 Å². The van der Waals surface area contributed by atoms with Gasteiger partial charge < -0.3 is 4.90 Å². The first-order chi connectivity index (χ1) is 14.3. The van der Waals surface area contributed by atoms with Gasteiger partial charge in [0.15, 0.2) is 0 Å². The first kappa shape index (κ1) is 20.3. The van der Waals surface area contributed by atoms with E-state index in [0.29, 0.717) is 6.54 Å². The molecule has 1 amide bonds. The molecule has 5 nitrogen and oxygen atoms in total. The van der Waals surface area contributed by atoms with E-state index in [9.17, 15) is 4.79 Å². The predicted molar refractivity (Wildman–Crippen MR) is 121 cm³/mol. The van der Waals surface area contributed by atoms with Gasteiger partial charge in [0, 0.05) is 22.6 Å². The lowest BCUT2D eigenvalue weighted by atomic mass is 9.85. The highest BCUT2D eigenvalue weighted by atomic mass is 16.2. The molecule has 1 aliphatic rings. The summed E-state index contributed by atoms with van der Waals surface area (Å²) in [6, 6.07) is 16.5. The van der Waals surface area contributed by atoms with Crippen LogP contribution in [-0.4, -0.2) is 20.9 Å². The fourth-order valence-electron chi connectivity index (χ4n) is 4.42. The molecule has 2 heterocycles. The highest BCUT2D eigenvalue weighted by molar-refractivity contribution is 6.02. The Kier molecular flexibility index (Phi) is 5.22. The minimum atomic E-state index is -0.435. The number of carbonyl (C=O) groups is 1. The average molecular weight is 403 g/mol. The van der Waals surface area contributed by atoms with Gasteiger partial charge in [-0.1, -0.05) is 74.9 Å². The lowest BCUT2D eigenvalue weighted by Gasteiger charge is -2.34. The van der Waals surface area contributed by atoms with E-state index in [-0.39, 0.29) is 11.9 Å². The summed E-state index contributed by atoms with van der Waals surface area (Å²) < 4.78 is 1.97. The van der Waals surface area contributed by atoms with Crippen LogP contribution >= 0.6 is 0 Å². The normalized spacial score (nSPS) is 13.3. The Bertz CT molecular complexity index is 1080. The van der Waals surface area contributed by atoms with Crippen molar-refractivity contribution in [3.8, 4) is 22.5 Å². The van der Waals surface area contributed by atoms with Gasteiger partial charge in [0.1, 0.15) is 5.69 Å². The topological polar surface area (TPSA) is 51.0 Å². The number of para-hydroxylation sites is 1. The molecule has 0 atom stereocenters. The number of benzene rings is 2. The van der Waals surface area contributed by atoms with Crippen LogP contribution in [0.25, 0.3) is 22.5 Å². The van der Waals surface area contributed by atoms with Crippen LogP contribution in [0.15, 0.2) is 48.5 Å². The molecule has 0 saturated carbocycles. The second-order valence-electron chi connectivity index (χ2n) is 9.02. The summed E-state index contributed by atoms with van der Waals surface area (Å²) in [6.45, 7) is 11.0. The Balaban J connectivity index is 2.01. The van der Waals surface area contributed by atoms with E-state index >= 15 is 0 Å². The second-order valence-corrected chi connectivity index (χ2v) is 9.02. The molecule has 1 aromatic heterocycles. The van der Waals surface area contributed by atoms with E-state index in [2.05, 4.69) is 63.1 Å². The van der Waals surface area contributed by atoms with Crippen molar-refractivity contribution >= 4 is 11.6 Å². The summed E-state index contributed by atoms with van der Waals surface area (Å²) in [5, 5.41) is 9.07. The van der Waals surface area contributed by atoms with E-state index in [1.54, 1.807) is 0 Å². The highest BCUT2D eigenvalue weighted by Crippen LogP contribution is 2.43. The molecular formula is C25H30N4O. The zero-order valence-electron chi connectivity index (χ0n) is 18.5. The van der Waals surface area contributed by atoms with Gasteiger partial charge in [0.25, 0.3) is 0 Å². The molecule has 0 N–H and O–H groups in total. The van der Waals surface area contributed by atoms with Gasteiger partial charge in [-0.2, -0.15) is 0 Å². The monoisotopic (exact) mass is 402 g/mol. The van der Waals surface area contributed by atoms with Crippen LogP contribution in [0.2, 0.25) is 0 Å². The number of hydrogen-bond acceptors (Lipinski definition) is 3. The van der Waals surface area contributed by atoms with Crippen LogP contribution in [0.5, 0.6) is 0 Å². The van der Waals surface area contributed by atoms with Gasteiger partial charge in [-0.15, -0.1) is 5.10 Å². The van der Waals surface area contributed by atoms with Gasteiger partial charge in [0.2, 0.25) is 5.91 Å². The number of carbonyl (C=O) groups excluding carboxylic acids is 1. The van der Waals surface area contributed by atoms with Crippen LogP contribution < -0.4 is 4.90 Å². The van der Waals surface area contributed by atoms with Crippen molar-refractivity contribution in [1.29, 1.82) is 0 Å². The lowest BCUT2D eigenvalue weighted by Crippen LogP contribution is -2.41. The molecule has 0 fully saturated rings. The van der Waals surface area contributed by atoms with Crippen molar-refractivity contribution in [2.75, 3.05) is 4.90 Å². The molecule has 2 aromatic carbocycles. The van der Waals surface area contributed by atoms with E-state index in [0.717, 1.165) is 46.6 Å². The van der Waals surface area contributed by atoms with Crippen molar-refractivity contribution in [3.63, 3.8) is 0 Å². The molecule has 4 rings (SSSR count). The highest BCUT2D eigenvalue weighted by Gasteiger charge is 2.35. The third kappa shape index (κ3) is 3.32. The Hall–Kier alpha value is -2.95. The van der Waals surface area contributed by atoms with Gasteiger partial charge in [-0.05, 0) is 31.9 Å². The third-order valence-electron chi connectivity index (χ3n) is 5.93. The van der Waals surface area contributed by atoms with Crippen molar-refractivity contribution in [2.45, 2.75) is 60.0 Å². The molecule has 0 saturated heterocycles. The molecule has 0 aliphatic carbocycles. The summed E-state index contributed by atoms with van der Waals surface area (Å²) in [5.41, 5.74) is 5.47. The number of amides is 1.